The fourth-order valence-electron chi connectivity index (χ4n) is 6.39. The Morgan fingerprint density at radius 2 is 1.87 bits per heavy atom. The summed E-state index contributed by atoms with van der Waals surface area (Å²) < 4.78 is 15.0. The molecule has 0 radical (unpaired) electrons. The van der Waals surface area contributed by atoms with E-state index < -0.39 is 12.0 Å². The van der Waals surface area contributed by atoms with Gasteiger partial charge < -0.3 is 10.0 Å². The molecule has 0 aromatic heterocycles. The van der Waals surface area contributed by atoms with Crippen LogP contribution < -0.4 is 0 Å². The van der Waals surface area contributed by atoms with Crippen molar-refractivity contribution in [3.8, 4) is 0 Å². The number of likely N-dealkylation sites (tertiary alicyclic amines) is 1. The molecule has 2 saturated heterocycles. The molecule has 2 heterocycles. The molecule has 2 aliphatic heterocycles. The number of carboxylic acids is 1. The van der Waals surface area contributed by atoms with Gasteiger partial charge in [0, 0.05) is 61.2 Å². The van der Waals surface area contributed by atoms with Gasteiger partial charge in [0.15, 0.2) is 0 Å². The third-order valence-electron chi connectivity index (χ3n) is 8.60. The van der Waals surface area contributed by atoms with Gasteiger partial charge in [-0.3, -0.25) is 19.4 Å². The highest BCUT2D eigenvalue weighted by molar-refractivity contribution is 6.30. The summed E-state index contributed by atoms with van der Waals surface area (Å²) in [4.78, 5) is 32.4. The van der Waals surface area contributed by atoms with Crippen molar-refractivity contribution in [2.24, 2.45) is 11.8 Å². The molecule has 0 saturated carbocycles. The van der Waals surface area contributed by atoms with Gasteiger partial charge in [-0.05, 0) is 65.7 Å². The maximum absolute atomic E-state index is 15.0. The molecule has 5 atom stereocenters. The minimum atomic E-state index is -0.822. The van der Waals surface area contributed by atoms with Crippen molar-refractivity contribution in [3.05, 3.63) is 57.9 Å². The van der Waals surface area contributed by atoms with E-state index in [2.05, 4.69) is 44.7 Å². The van der Waals surface area contributed by atoms with Crippen LogP contribution in [0.1, 0.15) is 59.4 Å². The molecular weight excluding hydrogens is 505 g/mol. The van der Waals surface area contributed by atoms with E-state index in [-0.39, 0.29) is 41.1 Å². The van der Waals surface area contributed by atoms with Crippen LogP contribution in [0.2, 0.25) is 5.02 Å². The second-order valence-electron chi connectivity index (χ2n) is 12.3. The zero-order valence-corrected chi connectivity index (χ0v) is 24.1. The number of benzene rings is 1. The maximum atomic E-state index is 15.0. The number of amides is 1. The number of allylic oxidation sites excluding steroid dienone is 4. The van der Waals surface area contributed by atoms with Crippen LogP contribution >= 0.6 is 11.6 Å². The predicted octanol–water partition coefficient (Wildman–Crippen LogP) is 5.19. The normalized spacial score (nSPS) is 27.8. The van der Waals surface area contributed by atoms with E-state index in [1.165, 1.54) is 17.2 Å². The Labute approximate surface area is 231 Å². The zero-order valence-electron chi connectivity index (χ0n) is 23.4. The lowest BCUT2D eigenvalue weighted by atomic mass is 9.87. The molecule has 1 unspecified atom stereocenters. The molecule has 3 aliphatic rings. The van der Waals surface area contributed by atoms with Crippen molar-refractivity contribution in [2.45, 2.75) is 71.5 Å². The SMILES string of the molecule is CC1=CC(C[C@@H](C(=O)O)N2CCN(C(=O)[C@@H]3CN(C(C)(C)C)C[C@H]3c3ccc(Cl)cc3F)[C@@H](C)C2)C(C)=C1. The Morgan fingerprint density at radius 1 is 1.16 bits per heavy atom. The fourth-order valence-corrected chi connectivity index (χ4v) is 6.55. The van der Waals surface area contributed by atoms with Crippen molar-refractivity contribution in [2.75, 3.05) is 32.7 Å². The topological polar surface area (TPSA) is 64.1 Å². The first-order valence-electron chi connectivity index (χ1n) is 13.6. The highest BCUT2D eigenvalue weighted by Gasteiger charge is 2.46. The van der Waals surface area contributed by atoms with Crippen LogP contribution in [-0.2, 0) is 9.59 Å². The number of nitrogens with zero attached hydrogens (tertiary/aromatic N) is 3. The second-order valence-corrected chi connectivity index (χ2v) is 12.8. The van der Waals surface area contributed by atoms with Crippen LogP contribution in [-0.4, -0.2) is 82.0 Å². The third-order valence-corrected chi connectivity index (χ3v) is 8.83. The molecule has 1 aromatic carbocycles. The first kappa shape index (κ1) is 28.8. The van der Waals surface area contributed by atoms with Crippen LogP contribution in [0.15, 0.2) is 41.5 Å². The largest absolute Gasteiger partial charge is 0.480 e. The molecule has 4 rings (SSSR count). The number of carbonyl (C=O) groups excluding carboxylic acids is 1. The van der Waals surface area contributed by atoms with Gasteiger partial charge in [-0.15, -0.1) is 0 Å². The van der Waals surface area contributed by atoms with Crippen LogP contribution in [0.5, 0.6) is 0 Å². The van der Waals surface area contributed by atoms with Crippen molar-refractivity contribution >= 4 is 23.5 Å². The Morgan fingerprint density at radius 3 is 2.42 bits per heavy atom. The quantitative estimate of drug-likeness (QED) is 0.533. The van der Waals surface area contributed by atoms with E-state index in [0.29, 0.717) is 49.7 Å². The first-order valence-corrected chi connectivity index (χ1v) is 14.0. The lowest BCUT2D eigenvalue weighted by molar-refractivity contribution is -0.147. The number of halogens is 2. The Kier molecular flexibility index (Phi) is 8.41. The van der Waals surface area contributed by atoms with Crippen LogP contribution in [0, 0.1) is 17.7 Å². The molecule has 1 amide bonds. The maximum Gasteiger partial charge on any atom is 0.320 e. The number of piperazine rings is 1. The van der Waals surface area contributed by atoms with Gasteiger partial charge in [0.1, 0.15) is 11.9 Å². The standard InChI is InChI=1S/C30H41ClFN3O3/c1-18-11-19(2)21(12-18)13-27(29(37)38)33-9-10-35(20(3)15-33)28(36)25-17-34(30(4,5)6)16-24(25)23-8-7-22(31)14-26(23)32/h7-8,11-12,14,20-21,24-25,27H,9-10,13,15-17H2,1-6H3,(H,37,38)/t20-,21?,24-,25+,27-/m0/s1. The average Bonchev–Trinajstić information content (AvgIpc) is 3.39. The highest BCUT2D eigenvalue weighted by atomic mass is 35.5. The van der Waals surface area contributed by atoms with E-state index >= 15 is 4.39 Å². The van der Waals surface area contributed by atoms with E-state index in [1.807, 2.05) is 23.6 Å². The van der Waals surface area contributed by atoms with Gasteiger partial charge >= 0.3 is 5.97 Å². The van der Waals surface area contributed by atoms with Gasteiger partial charge in [0.25, 0.3) is 0 Å². The van der Waals surface area contributed by atoms with Crippen molar-refractivity contribution < 1.29 is 19.1 Å². The molecule has 1 aliphatic carbocycles. The smallest absolute Gasteiger partial charge is 0.320 e. The molecule has 208 valence electrons. The number of rotatable bonds is 6. The van der Waals surface area contributed by atoms with Gasteiger partial charge in [0.2, 0.25) is 5.91 Å². The van der Waals surface area contributed by atoms with Crippen molar-refractivity contribution in [1.82, 2.24) is 14.7 Å². The van der Waals surface area contributed by atoms with E-state index in [9.17, 15) is 14.7 Å². The molecule has 0 spiro atoms. The first-order chi connectivity index (χ1) is 17.8. The Bertz CT molecular complexity index is 1140. The van der Waals surface area contributed by atoms with Gasteiger partial charge in [-0.2, -0.15) is 0 Å². The van der Waals surface area contributed by atoms with Gasteiger partial charge in [-0.25, -0.2) is 4.39 Å². The number of hydrogen-bond donors (Lipinski definition) is 1. The van der Waals surface area contributed by atoms with E-state index in [1.54, 1.807) is 12.1 Å². The third kappa shape index (κ3) is 6.00. The Hall–Kier alpha value is -2.22. The molecule has 38 heavy (non-hydrogen) atoms. The fraction of sp³-hybridized carbons (Fsp3) is 0.600. The summed E-state index contributed by atoms with van der Waals surface area (Å²) in [5, 5.41) is 10.4. The zero-order chi connectivity index (χ0) is 27.9. The van der Waals surface area contributed by atoms with Gasteiger partial charge in [0.05, 0.1) is 5.92 Å². The Balaban J connectivity index is 1.50. The molecule has 6 nitrogen and oxygen atoms in total. The van der Waals surface area contributed by atoms with Crippen molar-refractivity contribution in [1.29, 1.82) is 0 Å². The summed E-state index contributed by atoms with van der Waals surface area (Å²) >= 11 is 6.02. The van der Waals surface area contributed by atoms with Gasteiger partial charge in [-0.1, -0.05) is 41.0 Å². The minimum Gasteiger partial charge on any atom is -0.480 e. The molecule has 1 aromatic rings. The highest BCUT2D eigenvalue weighted by Crippen LogP contribution is 2.39. The summed E-state index contributed by atoms with van der Waals surface area (Å²) in [6.07, 6.45) is 4.79. The second kappa shape index (κ2) is 11.1. The van der Waals surface area contributed by atoms with Crippen LogP contribution in [0.3, 0.4) is 0 Å². The molecule has 1 N–H and O–H groups in total. The van der Waals surface area contributed by atoms with E-state index in [4.69, 9.17) is 11.6 Å². The van der Waals surface area contributed by atoms with Crippen LogP contribution in [0.4, 0.5) is 4.39 Å². The lowest BCUT2D eigenvalue weighted by Gasteiger charge is -2.43. The minimum absolute atomic E-state index is 0.0169. The molecule has 2 fully saturated rings. The number of carboxylic acid groups (broad SMARTS) is 1. The molecule has 8 heteroatoms. The van der Waals surface area contributed by atoms with Crippen molar-refractivity contribution in [3.63, 3.8) is 0 Å². The summed E-state index contributed by atoms with van der Waals surface area (Å²) in [5.41, 5.74) is 2.74. The number of aliphatic carboxylic acids is 1. The van der Waals surface area contributed by atoms with E-state index in [0.717, 1.165) is 0 Å². The number of hydrogen-bond acceptors (Lipinski definition) is 4. The number of carbonyl (C=O) groups is 2. The summed E-state index contributed by atoms with van der Waals surface area (Å²) in [5.74, 6) is -1.71. The predicted molar refractivity (Wildman–Crippen MR) is 149 cm³/mol. The summed E-state index contributed by atoms with van der Waals surface area (Å²) in [6, 6.07) is 3.97. The average molecular weight is 546 g/mol. The molecule has 0 bridgehead atoms. The monoisotopic (exact) mass is 545 g/mol. The summed E-state index contributed by atoms with van der Waals surface area (Å²) in [7, 11) is 0. The molecular formula is C30H41ClFN3O3. The summed E-state index contributed by atoms with van der Waals surface area (Å²) in [6.45, 7) is 15.0. The lowest BCUT2D eigenvalue weighted by Crippen LogP contribution is -2.59. The van der Waals surface area contributed by atoms with Crippen LogP contribution in [0.25, 0.3) is 0 Å².